The van der Waals surface area contributed by atoms with Gasteiger partial charge in [0.2, 0.25) is 0 Å². The molecule has 0 aliphatic carbocycles. The molecule has 8 heteroatoms. The lowest BCUT2D eigenvalue weighted by Crippen LogP contribution is -2.41. The molecule has 1 aromatic carbocycles. The van der Waals surface area contributed by atoms with Gasteiger partial charge in [-0.3, -0.25) is 9.89 Å². The Balaban J connectivity index is 1.57. The summed E-state index contributed by atoms with van der Waals surface area (Å²) < 4.78 is 43.8. The van der Waals surface area contributed by atoms with Crippen molar-refractivity contribution in [3.63, 3.8) is 0 Å². The SMILES string of the molecule is O=C(c1ccn[nH]1)N1CCC(Oc2cccc(C(F)(F)F)c2)CC1. The van der Waals surface area contributed by atoms with E-state index in [0.717, 1.165) is 12.1 Å². The number of ether oxygens (including phenoxy) is 1. The van der Waals surface area contributed by atoms with Crippen molar-refractivity contribution in [3.8, 4) is 5.75 Å². The fourth-order valence-corrected chi connectivity index (χ4v) is 2.66. The summed E-state index contributed by atoms with van der Waals surface area (Å²) in [5.74, 6) is 0.0631. The molecule has 128 valence electrons. The van der Waals surface area contributed by atoms with E-state index in [-0.39, 0.29) is 17.8 Å². The minimum atomic E-state index is -4.39. The molecule has 0 spiro atoms. The highest BCUT2D eigenvalue weighted by atomic mass is 19.4. The molecule has 1 aliphatic heterocycles. The summed E-state index contributed by atoms with van der Waals surface area (Å²) >= 11 is 0. The summed E-state index contributed by atoms with van der Waals surface area (Å²) in [5.41, 5.74) is -0.306. The van der Waals surface area contributed by atoms with E-state index in [2.05, 4.69) is 10.2 Å². The molecule has 1 aromatic heterocycles. The summed E-state index contributed by atoms with van der Waals surface area (Å²) in [6.45, 7) is 0.975. The molecule has 3 rings (SSSR count). The Morgan fingerprint density at radius 3 is 2.62 bits per heavy atom. The van der Waals surface area contributed by atoms with Gasteiger partial charge in [-0.05, 0) is 24.3 Å². The van der Waals surface area contributed by atoms with Crippen LogP contribution in [0.25, 0.3) is 0 Å². The van der Waals surface area contributed by atoms with E-state index in [1.54, 1.807) is 11.0 Å². The minimum Gasteiger partial charge on any atom is -0.490 e. The van der Waals surface area contributed by atoms with E-state index in [0.29, 0.717) is 31.6 Å². The number of aromatic nitrogens is 2. The van der Waals surface area contributed by atoms with Crippen molar-refractivity contribution in [3.05, 3.63) is 47.8 Å². The molecule has 0 radical (unpaired) electrons. The van der Waals surface area contributed by atoms with Crippen LogP contribution in [0.2, 0.25) is 0 Å². The number of halogens is 3. The maximum atomic E-state index is 12.7. The Labute approximate surface area is 136 Å². The molecule has 1 N–H and O–H groups in total. The van der Waals surface area contributed by atoms with Gasteiger partial charge in [0, 0.05) is 32.1 Å². The van der Waals surface area contributed by atoms with Crippen molar-refractivity contribution in [2.24, 2.45) is 0 Å². The van der Waals surface area contributed by atoms with Crippen LogP contribution in [0.4, 0.5) is 13.2 Å². The summed E-state index contributed by atoms with van der Waals surface area (Å²) in [6.07, 6.45) is -1.96. The molecule has 0 bridgehead atoms. The molecule has 1 fully saturated rings. The maximum Gasteiger partial charge on any atom is 0.416 e. The summed E-state index contributed by atoms with van der Waals surface area (Å²) in [7, 11) is 0. The minimum absolute atomic E-state index is 0.134. The van der Waals surface area contributed by atoms with Crippen molar-refractivity contribution in [1.82, 2.24) is 15.1 Å². The Morgan fingerprint density at radius 2 is 2.00 bits per heavy atom. The van der Waals surface area contributed by atoms with E-state index >= 15 is 0 Å². The second kappa shape index (κ2) is 6.54. The van der Waals surface area contributed by atoms with E-state index in [1.165, 1.54) is 18.3 Å². The second-order valence-electron chi connectivity index (χ2n) is 5.61. The lowest BCUT2D eigenvalue weighted by Gasteiger charge is -2.32. The number of H-pyrrole nitrogens is 1. The molecule has 0 unspecified atom stereocenters. The first kappa shape index (κ1) is 16.4. The quantitative estimate of drug-likeness (QED) is 0.935. The number of amides is 1. The molecular weight excluding hydrogens is 323 g/mol. The topological polar surface area (TPSA) is 58.2 Å². The van der Waals surface area contributed by atoms with Gasteiger partial charge in [-0.15, -0.1) is 0 Å². The molecule has 0 saturated carbocycles. The number of rotatable bonds is 3. The molecule has 5 nitrogen and oxygen atoms in total. The lowest BCUT2D eigenvalue weighted by molar-refractivity contribution is -0.137. The average Bonchev–Trinajstić information content (AvgIpc) is 3.09. The Kier molecular flexibility index (Phi) is 4.46. The number of hydrogen-bond donors (Lipinski definition) is 1. The van der Waals surface area contributed by atoms with Crippen LogP contribution in [-0.2, 0) is 6.18 Å². The Hall–Kier alpha value is -2.51. The third-order valence-corrected chi connectivity index (χ3v) is 3.92. The number of piperidine rings is 1. The largest absolute Gasteiger partial charge is 0.490 e. The summed E-state index contributed by atoms with van der Waals surface area (Å²) in [5, 5.41) is 6.37. The van der Waals surface area contributed by atoms with Crippen LogP contribution in [0.3, 0.4) is 0 Å². The van der Waals surface area contributed by atoms with E-state index in [4.69, 9.17) is 4.74 Å². The van der Waals surface area contributed by atoms with Crippen molar-refractivity contribution in [1.29, 1.82) is 0 Å². The van der Waals surface area contributed by atoms with Crippen LogP contribution in [0.15, 0.2) is 36.5 Å². The fourth-order valence-electron chi connectivity index (χ4n) is 2.66. The first-order chi connectivity index (χ1) is 11.4. The van der Waals surface area contributed by atoms with Crippen molar-refractivity contribution < 1.29 is 22.7 Å². The van der Waals surface area contributed by atoms with Crippen LogP contribution < -0.4 is 4.74 Å². The Bertz CT molecular complexity index is 693. The molecule has 2 aromatic rings. The standard InChI is InChI=1S/C16H16F3N3O2/c17-16(18,19)11-2-1-3-13(10-11)24-12-5-8-22(9-6-12)15(23)14-4-7-20-21-14/h1-4,7,10,12H,5-6,8-9H2,(H,20,21). The van der Waals surface area contributed by atoms with E-state index < -0.39 is 11.7 Å². The van der Waals surface area contributed by atoms with E-state index in [1.807, 2.05) is 0 Å². The van der Waals surface area contributed by atoms with Crippen LogP contribution in [0, 0.1) is 0 Å². The smallest absolute Gasteiger partial charge is 0.416 e. The predicted molar refractivity (Wildman–Crippen MR) is 79.6 cm³/mol. The lowest BCUT2D eigenvalue weighted by atomic mass is 10.1. The number of likely N-dealkylation sites (tertiary alicyclic amines) is 1. The fraction of sp³-hybridized carbons (Fsp3) is 0.375. The number of alkyl halides is 3. The van der Waals surface area contributed by atoms with Gasteiger partial charge in [-0.1, -0.05) is 6.07 Å². The van der Waals surface area contributed by atoms with Gasteiger partial charge in [-0.25, -0.2) is 0 Å². The molecular formula is C16H16F3N3O2. The van der Waals surface area contributed by atoms with Gasteiger partial charge < -0.3 is 9.64 Å². The zero-order chi connectivity index (χ0) is 17.2. The van der Waals surface area contributed by atoms with Gasteiger partial charge in [0.05, 0.1) is 5.56 Å². The molecule has 2 heterocycles. The number of aromatic amines is 1. The van der Waals surface area contributed by atoms with Crippen molar-refractivity contribution in [2.75, 3.05) is 13.1 Å². The van der Waals surface area contributed by atoms with Crippen LogP contribution in [0.1, 0.15) is 28.9 Å². The number of nitrogens with one attached hydrogen (secondary N) is 1. The maximum absolute atomic E-state index is 12.7. The third kappa shape index (κ3) is 3.69. The zero-order valence-electron chi connectivity index (χ0n) is 12.7. The van der Waals surface area contributed by atoms with Gasteiger partial charge in [0.15, 0.2) is 0 Å². The monoisotopic (exact) mass is 339 g/mol. The predicted octanol–water partition coefficient (Wildman–Crippen LogP) is 3.11. The van der Waals surface area contributed by atoms with Crippen LogP contribution in [0.5, 0.6) is 5.75 Å². The van der Waals surface area contributed by atoms with Gasteiger partial charge in [0.25, 0.3) is 5.91 Å². The number of hydrogen-bond acceptors (Lipinski definition) is 3. The highest BCUT2D eigenvalue weighted by Crippen LogP contribution is 2.32. The second-order valence-corrected chi connectivity index (χ2v) is 5.61. The van der Waals surface area contributed by atoms with Crippen LogP contribution >= 0.6 is 0 Å². The van der Waals surface area contributed by atoms with Crippen molar-refractivity contribution in [2.45, 2.75) is 25.1 Å². The van der Waals surface area contributed by atoms with Gasteiger partial charge in [0.1, 0.15) is 17.5 Å². The normalized spacial score (nSPS) is 16.2. The molecule has 1 amide bonds. The average molecular weight is 339 g/mol. The first-order valence-electron chi connectivity index (χ1n) is 7.56. The summed E-state index contributed by atoms with van der Waals surface area (Å²) in [6, 6.07) is 6.46. The molecule has 24 heavy (non-hydrogen) atoms. The molecule has 0 atom stereocenters. The number of nitrogens with zero attached hydrogens (tertiary/aromatic N) is 2. The molecule has 1 saturated heterocycles. The highest BCUT2D eigenvalue weighted by Gasteiger charge is 2.31. The number of carbonyl (C=O) groups excluding carboxylic acids is 1. The third-order valence-electron chi connectivity index (χ3n) is 3.92. The highest BCUT2D eigenvalue weighted by molar-refractivity contribution is 5.92. The van der Waals surface area contributed by atoms with E-state index in [9.17, 15) is 18.0 Å². The van der Waals surface area contributed by atoms with Crippen LogP contribution in [-0.4, -0.2) is 40.2 Å². The molecule has 1 aliphatic rings. The van der Waals surface area contributed by atoms with Gasteiger partial charge in [-0.2, -0.15) is 18.3 Å². The Morgan fingerprint density at radius 1 is 1.25 bits per heavy atom. The van der Waals surface area contributed by atoms with Crippen molar-refractivity contribution >= 4 is 5.91 Å². The first-order valence-corrected chi connectivity index (χ1v) is 7.56. The number of benzene rings is 1. The van der Waals surface area contributed by atoms with Gasteiger partial charge >= 0.3 is 6.18 Å². The summed E-state index contributed by atoms with van der Waals surface area (Å²) in [4.78, 5) is 13.8. The number of carbonyl (C=O) groups is 1. The zero-order valence-corrected chi connectivity index (χ0v) is 12.7.